The molecule has 2 aromatic rings. The summed E-state index contributed by atoms with van der Waals surface area (Å²) in [6, 6.07) is 7.41. The second kappa shape index (κ2) is 5.03. The van der Waals surface area contributed by atoms with E-state index in [1.165, 1.54) is 0 Å². The Morgan fingerprint density at radius 3 is 3.06 bits per heavy atom. The molecule has 2 rings (SSSR count). The second-order valence-corrected chi connectivity index (χ2v) is 3.64. The van der Waals surface area contributed by atoms with Gasteiger partial charge in [0.2, 0.25) is 0 Å². The van der Waals surface area contributed by atoms with E-state index in [-0.39, 0.29) is 0 Å². The molecule has 0 aliphatic rings. The molecule has 86 valence electrons. The van der Waals surface area contributed by atoms with Crippen molar-refractivity contribution in [3.05, 3.63) is 42.5 Å². The maximum Gasteiger partial charge on any atom is 0.101 e. The van der Waals surface area contributed by atoms with Crippen molar-refractivity contribution in [1.29, 1.82) is 5.26 Å². The summed E-state index contributed by atoms with van der Waals surface area (Å²) in [7, 11) is 0. The molecule has 5 heteroatoms. The van der Waals surface area contributed by atoms with Crippen LogP contribution in [-0.4, -0.2) is 16.1 Å². The quantitative estimate of drug-likeness (QED) is 0.775. The second-order valence-electron chi connectivity index (χ2n) is 3.64. The molecule has 0 aliphatic heterocycles. The first-order valence-electron chi connectivity index (χ1n) is 5.29. The van der Waals surface area contributed by atoms with E-state index in [1.807, 2.05) is 16.8 Å². The molecule has 0 saturated heterocycles. The monoisotopic (exact) mass is 227 g/mol. The summed E-state index contributed by atoms with van der Waals surface area (Å²) < 4.78 is 1.98. The molecule has 0 aliphatic carbocycles. The molecule has 17 heavy (non-hydrogen) atoms. The van der Waals surface area contributed by atoms with E-state index in [9.17, 15) is 0 Å². The fourth-order valence-electron chi connectivity index (χ4n) is 1.51. The molecular formula is C12H13N5. The Balaban J connectivity index is 1.93. The number of nitrogen functional groups attached to an aromatic ring is 1. The minimum absolute atomic E-state index is 0.498. The average Bonchev–Trinajstić information content (AvgIpc) is 2.84. The van der Waals surface area contributed by atoms with Crippen LogP contribution in [0, 0.1) is 11.3 Å². The van der Waals surface area contributed by atoms with Crippen LogP contribution in [0.3, 0.4) is 0 Å². The molecular weight excluding hydrogens is 214 g/mol. The highest BCUT2D eigenvalue weighted by atomic mass is 15.0. The van der Waals surface area contributed by atoms with Gasteiger partial charge in [0.1, 0.15) is 6.07 Å². The minimum atomic E-state index is 0.498. The summed E-state index contributed by atoms with van der Waals surface area (Å²) in [5.41, 5.74) is 7.55. The van der Waals surface area contributed by atoms with Gasteiger partial charge in [-0.25, -0.2) is 4.98 Å². The summed E-state index contributed by atoms with van der Waals surface area (Å²) >= 11 is 0. The van der Waals surface area contributed by atoms with Crippen molar-refractivity contribution >= 4 is 11.4 Å². The van der Waals surface area contributed by atoms with Crippen molar-refractivity contribution in [1.82, 2.24) is 9.55 Å². The lowest BCUT2D eigenvalue weighted by Crippen LogP contribution is -2.09. The number of nitrogens with one attached hydrogen (secondary N) is 1. The lowest BCUT2D eigenvalue weighted by molar-refractivity contribution is 0.727. The van der Waals surface area contributed by atoms with Crippen molar-refractivity contribution in [3.63, 3.8) is 0 Å². The Morgan fingerprint density at radius 2 is 2.35 bits per heavy atom. The van der Waals surface area contributed by atoms with Crippen molar-refractivity contribution in [2.75, 3.05) is 17.6 Å². The van der Waals surface area contributed by atoms with Crippen LogP contribution in [-0.2, 0) is 6.54 Å². The summed E-state index contributed by atoms with van der Waals surface area (Å²) in [6.45, 7) is 1.59. The maximum absolute atomic E-state index is 8.85. The van der Waals surface area contributed by atoms with Gasteiger partial charge in [0.05, 0.1) is 11.9 Å². The first-order chi connectivity index (χ1) is 8.29. The van der Waals surface area contributed by atoms with Gasteiger partial charge < -0.3 is 15.6 Å². The lowest BCUT2D eigenvalue weighted by atomic mass is 10.2. The van der Waals surface area contributed by atoms with Gasteiger partial charge in [0.15, 0.2) is 0 Å². The van der Waals surface area contributed by atoms with Gasteiger partial charge >= 0.3 is 0 Å². The molecule has 0 saturated carbocycles. The number of nitrogens with two attached hydrogens (primary N) is 1. The van der Waals surface area contributed by atoms with Crippen molar-refractivity contribution < 1.29 is 0 Å². The third-order valence-corrected chi connectivity index (χ3v) is 2.43. The van der Waals surface area contributed by atoms with Gasteiger partial charge in [-0.1, -0.05) is 0 Å². The summed E-state index contributed by atoms with van der Waals surface area (Å²) in [5, 5.41) is 12.1. The van der Waals surface area contributed by atoms with E-state index in [2.05, 4.69) is 16.4 Å². The summed E-state index contributed by atoms with van der Waals surface area (Å²) in [5.74, 6) is 0. The topological polar surface area (TPSA) is 79.7 Å². The molecule has 0 radical (unpaired) electrons. The van der Waals surface area contributed by atoms with Crippen LogP contribution in [0.4, 0.5) is 11.4 Å². The van der Waals surface area contributed by atoms with Gasteiger partial charge in [0, 0.05) is 36.9 Å². The van der Waals surface area contributed by atoms with E-state index < -0.39 is 0 Å². The third kappa shape index (κ3) is 2.75. The number of benzene rings is 1. The van der Waals surface area contributed by atoms with Crippen LogP contribution in [0.5, 0.6) is 0 Å². The SMILES string of the molecule is N#Cc1cc(NCCn2ccnc2)ccc1N. The number of nitrogens with zero attached hydrogens (tertiary/aromatic N) is 3. The zero-order valence-electron chi connectivity index (χ0n) is 9.30. The van der Waals surface area contributed by atoms with Gasteiger partial charge in [-0.3, -0.25) is 0 Å². The Bertz CT molecular complexity index is 524. The maximum atomic E-state index is 8.85. The Morgan fingerprint density at radius 1 is 1.47 bits per heavy atom. The van der Waals surface area contributed by atoms with Crippen LogP contribution >= 0.6 is 0 Å². The van der Waals surface area contributed by atoms with Crippen LogP contribution in [0.25, 0.3) is 0 Å². The van der Waals surface area contributed by atoms with E-state index in [0.717, 1.165) is 18.8 Å². The highest BCUT2D eigenvalue weighted by Gasteiger charge is 1.99. The van der Waals surface area contributed by atoms with E-state index in [0.29, 0.717) is 11.3 Å². The van der Waals surface area contributed by atoms with Crippen molar-refractivity contribution in [3.8, 4) is 6.07 Å². The van der Waals surface area contributed by atoms with E-state index >= 15 is 0 Å². The van der Waals surface area contributed by atoms with Gasteiger partial charge in [-0.15, -0.1) is 0 Å². The fourth-order valence-corrected chi connectivity index (χ4v) is 1.51. The molecule has 3 N–H and O–H groups in total. The predicted octanol–water partition coefficient (Wildman–Crippen LogP) is 1.45. The summed E-state index contributed by atoms with van der Waals surface area (Å²) in [4.78, 5) is 3.96. The predicted molar refractivity (Wildman–Crippen MR) is 66.3 cm³/mol. The van der Waals surface area contributed by atoms with Crippen LogP contribution in [0.15, 0.2) is 36.9 Å². The molecule has 1 aromatic carbocycles. The number of rotatable bonds is 4. The van der Waals surface area contributed by atoms with Crippen molar-refractivity contribution in [2.45, 2.75) is 6.54 Å². The molecule has 0 bridgehead atoms. The highest BCUT2D eigenvalue weighted by molar-refractivity contribution is 5.61. The van der Waals surface area contributed by atoms with Crippen molar-refractivity contribution in [2.24, 2.45) is 0 Å². The molecule has 0 unspecified atom stereocenters. The first-order valence-corrected chi connectivity index (χ1v) is 5.29. The fraction of sp³-hybridized carbons (Fsp3) is 0.167. The number of nitriles is 1. The summed E-state index contributed by atoms with van der Waals surface area (Å²) in [6.07, 6.45) is 5.42. The largest absolute Gasteiger partial charge is 0.398 e. The van der Waals surface area contributed by atoms with Gasteiger partial charge in [-0.05, 0) is 18.2 Å². The van der Waals surface area contributed by atoms with Gasteiger partial charge in [0.25, 0.3) is 0 Å². The molecule has 0 fully saturated rings. The number of anilines is 2. The molecule has 5 nitrogen and oxygen atoms in total. The molecule has 0 atom stereocenters. The number of hydrogen-bond acceptors (Lipinski definition) is 4. The molecule has 1 heterocycles. The molecule has 1 aromatic heterocycles. The number of aromatic nitrogens is 2. The number of hydrogen-bond donors (Lipinski definition) is 2. The van der Waals surface area contributed by atoms with Gasteiger partial charge in [-0.2, -0.15) is 5.26 Å². The van der Waals surface area contributed by atoms with E-state index in [4.69, 9.17) is 11.0 Å². The van der Waals surface area contributed by atoms with Crippen LogP contribution in [0.1, 0.15) is 5.56 Å². The average molecular weight is 227 g/mol. The molecule has 0 spiro atoms. The normalized spacial score (nSPS) is 9.82. The highest BCUT2D eigenvalue weighted by Crippen LogP contribution is 2.16. The third-order valence-electron chi connectivity index (χ3n) is 2.43. The van der Waals surface area contributed by atoms with E-state index in [1.54, 1.807) is 24.7 Å². The zero-order chi connectivity index (χ0) is 12.1. The minimum Gasteiger partial charge on any atom is -0.398 e. The smallest absolute Gasteiger partial charge is 0.101 e. The Kier molecular flexibility index (Phi) is 3.26. The molecule has 0 amide bonds. The van der Waals surface area contributed by atoms with Crippen LogP contribution < -0.4 is 11.1 Å². The Labute approximate surface area is 99.5 Å². The zero-order valence-corrected chi connectivity index (χ0v) is 9.30. The Hall–Kier alpha value is -2.48. The number of imidazole rings is 1. The standard InChI is InChI=1S/C12H13N5/c13-8-10-7-11(1-2-12(10)14)16-4-6-17-5-3-15-9-17/h1-3,5,7,9,16H,4,6,14H2. The lowest BCUT2D eigenvalue weighted by Gasteiger charge is -2.08. The first kappa shape index (κ1) is 11.0. The van der Waals surface area contributed by atoms with Crippen LogP contribution in [0.2, 0.25) is 0 Å².